The minimum Gasteiger partial charge on any atom is -0.324 e. The molecule has 0 saturated carbocycles. The number of rotatable bonds is 2. The van der Waals surface area contributed by atoms with Gasteiger partial charge < -0.3 is 10.6 Å². The highest BCUT2D eigenvalue weighted by atomic mass is 127. The highest BCUT2D eigenvalue weighted by Gasteiger charge is 2.19. The summed E-state index contributed by atoms with van der Waals surface area (Å²) in [6, 6.07) is 5.96. The smallest absolute Gasteiger partial charge is 0.241 e. The first-order valence-electron chi connectivity index (χ1n) is 6.48. The van der Waals surface area contributed by atoms with Crippen molar-refractivity contribution in [1.82, 2.24) is 5.32 Å². The minimum absolute atomic E-state index is 0.0373. The molecule has 4 heteroatoms. The van der Waals surface area contributed by atoms with Crippen LogP contribution in [0, 0.1) is 10.5 Å². The van der Waals surface area contributed by atoms with Gasteiger partial charge in [0.05, 0.1) is 6.04 Å². The van der Waals surface area contributed by atoms with Gasteiger partial charge in [-0.3, -0.25) is 4.79 Å². The molecule has 1 saturated heterocycles. The first-order valence-corrected chi connectivity index (χ1v) is 7.56. The Bertz CT molecular complexity index is 426. The van der Waals surface area contributed by atoms with Crippen molar-refractivity contribution in [3.05, 3.63) is 27.3 Å². The van der Waals surface area contributed by atoms with Gasteiger partial charge in [-0.2, -0.15) is 0 Å². The fourth-order valence-corrected chi connectivity index (χ4v) is 2.71. The Labute approximate surface area is 122 Å². The van der Waals surface area contributed by atoms with E-state index in [-0.39, 0.29) is 11.9 Å². The fourth-order valence-electron chi connectivity index (χ4n) is 2.22. The van der Waals surface area contributed by atoms with Crippen molar-refractivity contribution in [2.24, 2.45) is 0 Å². The van der Waals surface area contributed by atoms with Gasteiger partial charge in [-0.25, -0.2) is 0 Å². The topological polar surface area (TPSA) is 41.1 Å². The van der Waals surface area contributed by atoms with E-state index in [1.54, 1.807) is 0 Å². The van der Waals surface area contributed by atoms with Crippen molar-refractivity contribution in [3.8, 4) is 0 Å². The molecule has 3 nitrogen and oxygen atoms in total. The number of halogens is 1. The van der Waals surface area contributed by atoms with Crippen LogP contribution in [0.5, 0.6) is 0 Å². The average molecular weight is 358 g/mol. The zero-order valence-corrected chi connectivity index (χ0v) is 12.8. The summed E-state index contributed by atoms with van der Waals surface area (Å²) in [5, 5.41) is 6.36. The Kier molecular flexibility index (Phi) is 5.00. The maximum Gasteiger partial charge on any atom is 0.241 e. The van der Waals surface area contributed by atoms with Crippen LogP contribution in [0.3, 0.4) is 0 Å². The predicted octanol–water partition coefficient (Wildman–Crippen LogP) is 3.07. The van der Waals surface area contributed by atoms with Crippen molar-refractivity contribution >= 4 is 34.2 Å². The van der Waals surface area contributed by atoms with E-state index in [0.29, 0.717) is 0 Å². The largest absolute Gasteiger partial charge is 0.324 e. The van der Waals surface area contributed by atoms with E-state index in [2.05, 4.69) is 39.3 Å². The van der Waals surface area contributed by atoms with Crippen LogP contribution < -0.4 is 10.6 Å². The Morgan fingerprint density at radius 3 is 3.06 bits per heavy atom. The van der Waals surface area contributed by atoms with Gasteiger partial charge in [0.1, 0.15) is 0 Å². The Morgan fingerprint density at radius 1 is 1.39 bits per heavy atom. The molecule has 2 N–H and O–H groups in total. The number of benzene rings is 1. The molecular weight excluding hydrogens is 339 g/mol. The Morgan fingerprint density at radius 2 is 2.22 bits per heavy atom. The standard InChI is InChI=1S/C14H19IN2O/c1-10-11(15)6-5-8-12(10)17-14(18)13-7-3-2-4-9-16-13/h5-6,8,13,16H,2-4,7,9H2,1H3,(H,17,18). The molecule has 1 heterocycles. The molecule has 18 heavy (non-hydrogen) atoms. The first kappa shape index (κ1) is 13.8. The van der Waals surface area contributed by atoms with Gasteiger partial charge in [0, 0.05) is 9.26 Å². The third-order valence-corrected chi connectivity index (χ3v) is 4.57. The highest BCUT2D eigenvalue weighted by Crippen LogP contribution is 2.21. The average Bonchev–Trinajstić information content (AvgIpc) is 2.63. The molecule has 1 aromatic rings. The molecule has 1 atom stereocenters. The molecule has 1 aliphatic heterocycles. The predicted molar refractivity (Wildman–Crippen MR) is 82.8 cm³/mol. The summed E-state index contributed by atoms with van der Waals surface area (Å²) in [5.74, 6) is 0.0991. The van der Waals surface area contributed by atoms with E-state index in [9.17, 15) is 4.79 Å². The summed E-state index contributed by atoms with van der Waals surface area (Å²) >= 11 is 2.29. The van der Waals surface area contributed by atoms with E-state index >= 15 is 0 Å². The SMILES string of the molecule is Cc1c(I)cccc1NC(=O)C1CCCCCN1. The van der Waals surface area contributed by atoms with Crippen molar-refractivity contribution in [2.45, 2.75) is 38.6 Å². The van der Waals surface area contributed by atoms with E-state index in [1.807, 2.05) is 19.1 Å². The van der Waals surface area contributed by atoms with Gasteiger partial charge in [0.25, 0.3) is 0 Å². The number of hydrogen-bond donors (Lipinski definition) is 2. The van der Waals surface area contributed by atoms with Crippen molar-refractivity contribution in [3.63, 3.8) is 0 Å². The maximum absolute atomic E-state index is 12.2. The summed E-state index contributed by atoms with van der Waals surface area (Å²) < 4.78 is 1.18. The second-order valence-corrected chi connectivity index (χ2v) is 5.92. The van der Waals surface area contributed by atoms with Gasteiger partial charge in [-0.1, -0.05) is 18.9 Å². The lowest BCUT2D eigenvalue weighted by Crippen LogP contribution is -2.40. The molecular formula is C14H19IN2O. The molecule has 2 rings (SSSR count). The zero-order chi connectivity index (χ0) is 13.0. The van der Waals surface area contributed by atoms with E-state index in [4.69, 9.17) is 0 Å². The lowest BCUT2D eigenvalue weighted by molar-refractivity contribution is -0.118. The lowest BCUT2D eigenvalue weighted by Gasteiger charge is -2.17. The molecule has 1 aliphatic rings. The number of amides is 1. The van der Waals surface area contributed by atoms with Gasteiger partial charge in [-0.05, 0) is 66.6 Å². The third-order valence-electron chi connectivity index (χ3n) is 3.40. The second-order valence-electron chi connectivity index (χ2n) is 4.76. The van der Waals surface area contributed by atoms with Crippen LogP contribution in [-0.2, 0) is 4.79 Å². The van der Waals surface area contributed by atoms with Crippen LogP contribution in [-0.4, -0.2) is 18.5 Å². The van der Waals surface area contributed by atoms with Crippen LogP contribution >= 0.6 is 22.6 Å². The number of anilines is 1. The van der Waals surface area contributed by atoms with Gasteiger partial charge in [0.15, 0.2) is 0 Å². The van der Waals surface area contributed by atoms with Crippen LogP contribution in [0.2, 0.25) is 0 Å². The van der Waals surface area contributed by atoms with Gasteiger partial charge in [0.2, 0.25) is 5.91 Å². The zero-order valence-electron chi connectivity index (χ0n) is 10.6. The lowest BCUT2D eigenvalue weighted by atomic mass is 10.1. The number of carbonyl (C=O) groups excluding carboxylic acids is 1. The van der Waals surface area contributed by atoms with Crippen LogP contribution in [0.1, 0.15) is 31.2 Å². The van der Waals surface area contributed by atoms with Crippen molar-refractivity contribution in [2.75, 3.05) is 11.9 Å². The second kappa shape index (κ2) is 6.52. The molecule has 0 radical (unpaired) electrons. The quantitative estimate of drug-likeness (QED) is 0.798. The molecule has 1 fully saturated rings. The monoisotopic (exact) mass is 358 g/mol. The minimum atomic E-state index is -0.0373. The maximum atomic E-state index is 12.2. The summed E-state index contributed by atoms with van der Waals surface area (Å²) in [5.41, 5.74) is 2.07. The number of hydrogen-bond acceptors (Lipinski definition) is 2. The normalized spacial score (nSPS) is 20.2. The van der Waals surface area contributed by atoms with Gasteiger partial charge in [-0.15, -0.1) is 0 Å². The van der Waals surface area contributed by atoms with E-state index in [0.717, 1.165) is 30.6 Å². The van der Waals surface area contributed by atoms with E-state index in [1.165, 1.54) is 16.4 Å². The molecule has 0 bridgehead atoms. The van der Waals surface area contributed by atoms with E-state index < -0.39 is 0 Å². The van der Waals surface area contributed by atoms with Gasteiger partial charge >= 0.3 is 0 Å². The highest BCUT2D eigenvalue weighted by molar-refractivity contribution is 14.1. The summed E-state index contributed by atoms with van der Waals surface area (Å²) in [6.07, 6.45) is 4.47. The molecule has 0 aromatic heterocycles. The summed E-state index contributed by atoms with van der Waals surface area (Å²) in [7, 11) is 0. The molecule has 0 spiro atoms. The van der Waals surface area contributed by atoms with Crippen molar-refractivity contribution < 1.29 is 4.79 Å². The molecule has 98 valence electrons. The van der Waals surface area contributed by atoms with Crippen LogP contribution in [0.25, 0.3) is 0 Å². The number of carbonyl (C=O) groups is 1. The third kappa shape index (κ3) is 3.45. The summed E-state index contributed by atoms with van der Waals surface area (Å²) in [6.45, 7) is 2.99. The Balaban J connectivity index is 2.03. The van der Waals surface area contributed by atoms with Crippen molar-refractivity contribution in [1.29, 1.82) is 0 Å². The molecule has 0 aliphatic carbocycles. The number of nitrogens with one attached hydrogen (secondary N) is 2. The molecule has 1 unspecified atom stereocenters. The molecule has 1 aromatic carbocycles. The first-order chi connectivity index (χ1) is 8.68. The van der Waals surface area contributed by atoms with Crippen LogP contribution in [0.15, 0.2) is 18.2 Å². The Hall–Kier alpha value is -0.620. The van der Waals surface area contributed by atoms with Crippen LogP contribution in [0.4, 0.5) is 5.69 Å². The molecule has 1 amide bonds. The fraction of sp³-hybridized carbons (Fsp3) is 0.500. The summed E-state index contributed by atoms with van der Waals surface area (Å²) in [4.78, 5) is 12.2.